The van der Waals surface area contributed by atoms with Gasteiger partial charge in [-0.15, -0.1) is 12.4 Å². The molecule has 0 N–H and O–H groups in total. The highest BCUT2D eigenvalue weighted by Crippen LogP contribution is 2.21. The molecule has 1 atom stereocenters. The Balaban J connectivity index is 0.00000112. The second kappa shape index (κ2) is 6.11. The van der Waals surface area contributed by atoms with Gasteiger partial charge in [-0.25, -0.2) is 0 Å². The number of benzene rings is 1. The van der Waals surface area contributed by atoms with Crippen molar-refractivity contribution in [2.45, 2.75) is 13.0 Å². The summed E-state index contributed by atoms with van der Waals surface area (Å²) in [6.45, 7) is 6.27. The van der Waals surface area contributed by atoms with Crippen molar-refractivity contribution in [1.82, 2.24) is 4.90 Å². The summed E-state index contributed by atoms with van der Waals surface area (Å²) >= 11 is 0. The fraction of sp³-hybridized carbons (Fsp3) is 0.500. The lowest BCUT2D eigenvalue weighted by atomic mass is 10.1. The summed E-state index contributed by atoms with van der Waals surface area (Å²) in [5.74, 6) is 0. The number of morpholine rings is 1. The Morgan fingerprint density at radius 1 is 1.33 bits per heavy atom. The summed E-state index contributed by atoms with van der Waals surface area (Å²) in [7, 11) is 0. The third-order valence-electron chi connectivity index (χ3n) is 2.77. The smallest absolute Gasteiger partial charge is 0.0952 e. The molecular weight excluding hydrogens is 210 g/mol. The molecule has 0 saturated carbocycles. The van der Waals surface area contributed by atoms with Gasteiger partial charge in [0.2, 0.25) is 0 Å². The number of hydrogen-bond donors (Lipinski definition) is 0. The van der Waals surface area contributed by atoms with Crippen LogP contribution in [0.15, 0.2) is 30.3 Å². The van der Waals surface area contributed by atoms with E-state index in [1.165, 1.54) is 5.56 Å². The van der Waals surface area contributed by atoms with Gasteiger partial charge in [0.1, 0.15) is 0 Å². The first-order valence-corrected chi connectivity index (χ1v) is 5.29. The van der Waals surface area contributed by atoms with E-state index in [1.807, 2.05) is 6.07 Å². The van der Waals surface area contributed by atoms with E-state index in [0.717, 1.165) is 26.2 Å². The van der Waals surface area contributed by atoms with Gasteiger partial charge < -0.3 is 4.74 Å². The third-order valence-corrected chi connectivity index (χ3v) is 2.77. The number of likely N-dealkylation sites (N-methyl/N-ethyl adjacent to an activating group) is 1. The minimum absolute atomic E-state index is 0. The minimum Gasteiger partial charge on any atom is -0.371 e. The first-order chi connectivity index (χ1) is 6.90. The molecule has 1 aromatic rings. The van der Waals surface area contributed by atoms with E-state index in [2.05, 4.69) is 36.1 Å². The summed E-state index contributed by atoms with van der Waals surface area (Å²) in [5.41, 5.74) is 1.30. The van der Waals surface area contributed by atoms with Crippen LogP contribution in [-0.2, 0) is 4.74 Å². The Morgan fingerprint density at radius 2 is 2.07 bits per heavy atom. The van der Waals surface area contributed by atoms with Crippen LogP contribution in [0.4, 0.5) is 0 Å². The van der Waals surface area contributed by atoms with Crippen LogP contribution in [0.2, 0.25) is 0 Å². The predicted molar refractivity (Wildman–Crippen MR) is 64.5 cm³/mol. The quantitative estimate of drug-likeness (QED) is 0.770. The molecule has 0 bridgehead atoms. The lowest BCUT2D eigenvalue weighted by Crippen LogP contribution is -2.37. The van der Waals surface area contributed by atoms with Crippen LogP contribution in [0.25, 0.3) is 0 Å². The molecule has 1 saturated heterocycles. The standard InChI is InChI=1S/C12H17NO.ClH/c1-2-13-8-9-14-12(10-13)11-6-4-3-5-7-11;/h3-7,12H,2,8-10H2,1H3;1H. The predicted octanol–water partition coefficient (Wildman–Crippen LogP) is 2.50. The van der Waals surface area contributed by atoms with Crippen molar-refractivity contribution in [3.05, 3.63) is 35.9 Å². The Bertz CT molecular complexity index is 278. The van der Waals surface area contributed by atoms with E-state index >= 15 is 0 Å². The van der Waals surface area contributed by atoms with Crippen molar-refractivity contribution in [3.8, 4) is 0 Å². The molecule has 1 unspecified atom stereocenters. The first-order valence-electron chi connectivity index (χ1n) is 5.29. The number of ether oxygens (including phenoxy) is 1. The Hall–Kier alpha value is -0.570. The monoisotopic (exact) mass is 227 g/mol. The van der Waals surface area contributed by atoms with Gasteiger partial charge in [-0.3, -0.25) is 4.90 Å². The van der Waals surface area contributed by atoms with Crippen LogP contribution in [0, 0.1) is 0 Å². The lowest BCUT2D eigenvalue weighted by Gasteiger charge is -2.32. The number of nitrogens with zero attached hydrogens (tertiary/aromatic N) is 1. The van der Waals surface area contributed by atoms with Gasteiger partial charge in [0, 0.05) is 13.1 Å². The average Bonchev–Trinajstić information content (AvgIpc) is 2.30. The number of halogens is 1. The second-order valence-electron chi connectivity index (χ2n) is 3.66. The van der Waals surface area contributed by atoms with Gasteiger partial charge in [0.25, 0.3) is 0 Å². The number of hydrogen-bond acceptors (Lipinski definition) is 2. The van der Waals surface area contributed by atoms with E-state index in [-0.39, 0.29) is 18.5 Å². The van der Waals surface area contributed by atoms with E-state index in [9.17, 15) is 0 Å². The van der Waals surface area contributed by atoms with E-state index in [1.54, 1.807) is 0 Å². The Labute approximate surface area is 97.6 Å². The molecule has 0 aliphatic carbocycles. The average molecular weight is 228 g/mol. The fourth-order valence-corrected chi connectivity index (χ4v) is 1.86. The van der Waals surface area contributed by atoms with Crippen molar-refractivity contribution in [3.63, 3.8) is 0 Å². The van der Waals surface area contributed by atoms with Gasteiger partial charge in [-0.05, 0) is 12.1 Å². The van der Waals surface area contributed by atoms with E-state index < -0.39 is 0 Å². The van der Waals surface area contributed by atoms with Gasteiger partial charge in [0.05, 0.1) is 12.7 Å². The molecular formula is C12H18ClNO. The van der Waals surface area contributed by atoms with Crippen molar-refractivity contribution in [2.24, 2.45) is 0 Å². The summed E-state index contributed by atoms with van der Waals surface area (Å²) in [5, 5.41) is 0. The minimum atomic E-state index is 0. The maximum atomic E-state index is 5.75. The van der Waals surface area contributed by atoms with Crippen LogP contribution >= 0.6 is 12.4 Å². The highest BCUT2D eigenvalue weighted by atomic mass is 35.5. The zero-order chi connectivity index (χ0) is 9.80. The fourth-order valence-electron chi connectivity index (χ4n) is 1.86. The molecule has 1 fully saturated rings. The van der Waals surface area contributed by atoms with Crippen LogP contribution in [0.1, 0.15) is 18.6 Å². The van der Waals surface area contributed by atoms with Crippen LogP contribution < -0.4 is 0 Å². The molecule has 0 aromatic heterocycles. The maximum absolute atomic E-state index is 5.75. The van der Waals surface area contributed by atoms with Crippen LogP contribution in [-0.4, -0.2) is 31.1 Å². The van der Waals surface area contributed by atoms with Gasteiger partial charge in [-0.2, -0.15) is 0 Å². The molecule has 0 radical (unpaired) electrons. The summed E-state index contributed by atoms with van der Waals surface area (Å²) in [6, 6.07) is 10.5. The summed E-state index contributed by atoms with van der Waals surface area (Å²) < 4.78 is 5.75. The first kappa shape index (κ1) is 12.5. The lowest BCUT2D eigenvalue weighted by molar-refractivity contribution is -0.0281. The van der Waals surface area contributed by atoms with Crippen LogP contribution in [0.5, 0.6) is 0 Å². The zero-order valence-electron chi connectivity index (χ0n) is 9.06. The van der Waals surface area contributed by atoms with Crippen molar-refractivity contribution >= 4 is 12.4 Å². The SMILES string of the molecule is CCN1CCOC(c2ccccc2)C1.Cl. The molecule has 3 heteroatoms. The highest BCUT2D eigenvalue weighted by molar-refractivity contribution is 5.85. The van der Waals surface area contributed by atoms with Crippen LogP contribution in [0.3, 0.4) is 0 Å². The van der Waals surface area contributed by atoms with E-state index in [4.69, 9.17) is 4.74 Å². The summed E-state index contributed by atoms with van der Waals surface area (Å²) in [4.78, 5) is 2.43. The second-order valence-corrected chi connectivity index (χ2v) is 3.66. The molecule has 1 aliphatic heterocycles. The van der Waals surface area contributed by atoms with Gasteiger partial charge in [0.15, 0.2) is 0 Å². The van der Waals surface area contributed by atoms with Crippen molar-refractivity contribution in [2.75, 3.05) is 26.2 Å². The van der Waals surface area contributed by atoms with Gasteiger partial charge >= 0.3 is 0 Å². The molecule has 1 heterocycles. The largest absolute Gasteiger partial charge is 0.371 e. The van der Waals surface area contributed by atoms with E-state index in [0.29, 0.717) is 0 Å². The molecule has 0 amide bonds. The Kier molecular flexibility index (Phi) is 5.09. The molecule has 84 valence electrons. The van der Waals surface area contributed by atoms with Crippen molar-refractivity contribution < 1.29 is 4.74 Å². The third kappa shape index (κ3) is 3.20. The molecule has 2 rings (SSSR count). The maximum Gasteiger partial charge on any atom is 0.0952 e. The normalized spacial score (nSPS) is 22.1. The Morgan fingerprint density at radius 3 is 2.73 bits per heavy atom. The summed E-state index contributed by atoms with van der Waals surface area (Å²) in [6.07, 6.45) is 0.268. The molecule has 0 spiro atoms. The molecule has 1 aromatic carbocycles. The van der Waals surface area contributed by atoms with Crippen molar-refractivity contribution in [1.29, 1.82) is 0 Å². The number of rotatable bonds is 2. The zero-order valence-corrected chi connectivity index (χ0v) is 9.87. The molecule has 1 aliphatic rings. The van der Waals surface area contributed by atoms with Gasteiger partial charge in [-0.1, -0.05) is 37.3 Å². The molecule has 2 nitrogen and oxygen atoms in total. The molecule has 15 heavy (non-hydrogen) atoms. The topological polar surface area (TPSA) is 12.5 Å². The highest BCUT2D eigenvalue weighted by Gasteiger charge is 2.20.